The average Bonchev–Trinajstić information content (AvgIpc) is 2.64. The van der Waals surface area contributed by atoms with Gasteiger partial charge in [0.25, 0.3) is 0 Å². The Bertz CT molecular complexity index is 833. The zero-order valence-electron chi connectivity index (χ0n) is 14.7. The minimum absolute atomic E-state index is 0.0498. The van der Waals surface area contributed by atoms with E-state index in [9.17, 15) is 18.0 Å². The van der Waals surface area contributed by atoms with Crippen LogP contribution in [-0.2, 0) is 4.74 Å². The quantitative estimate of drug-likeness (QED) is 0.507. The molecule has 0 unspecified atom stereocenters. The Balaban J connectivity index is 1.71. The molecule has 1 aromatic carbocycles. The fourth-order valence-corrected chi connectivity index (χ4v) is 3.60. The molecule has 1 saturated carbocycles. The van der Waals surface area contributed by atoms with Crippen molar-refractivity contribution in [2.45, 2.75) is 31.9 Å². The van der Waals surface area contributed by atoms with E-state index in [-0.39, 0.29) is 30.5 Å². The number of halogens is 4. The van der Waals surface area contributed by atoms with Crippen molar-refractivity contribution in [3.8, 4) is 5.88 Å². The van der Waals surface area contributed by atoms with Gasteiger partial charge in [0.2, 0.25) is 5.88 Å². The molecule has 146 valence electrons. The number of nitrogens with zero attached hydrogens (tertiary/aromatic N) is 1. The molecule has 27 heavy (non-hydrogen) atoms. The van der Waals surface area contributed by atoms with Crippen LogP contribution in [0.5, 0.6) is 5.88 Å². The summed E-state index contributed by atoms with van der Waals surface area (Å²) in [4.78, 5) is 15.9. The Kier molecular flexibility index (Phi) is 5.79. The molecule has 1 aliphatic carbocycles. The van der Waals surface area contributed by atoms with Crippen LogP contribution in [0.3, 0.4) is 0 Å². The van der Waals surface area contributed by atoms with Gasteiger partial charge in [0.15, 0.2) is 0 Å². The third kappa shape index (κ3) is 4.64. The number of carbonyl (C=O) groups is 1. The number of carbonyl (C=O) groups excluding carboxylic acids is 1. The molecule has 1 heterocycles. The number of rotatable bonds is 4. The van der Waals surface area contributed by atoms with Gasteiger partial charge in [0.05, 0.1) is 25.2 Å². The highest BCUT2D eigenvalue weighted by atomic mass is 35.5. The number of hydrogen-bond donors (Lipinski definition) is 0. The molecule has 3 rings (SSSR count). The average molecular weight is 402 g/mol. The summed E-state index contributed by atoms with van der Waals surface area (Å²) in [5, 5.41) is 1.56. The molecular formula is C19H19ClF3NO3. The first-order chi connectivity index (χ1) is 12.8. The van der Waals surface area contributed by atoms with Crippen LogP contribution in [-0.4, -0.2) is 30.8 Å². The lowest BCUT2D eigenvalue weighted by Crippen LogP contribution is -2.29. The molecule has 0 atom stereocenters. The maximum atomic E-state index is 12.8. The van der Waals surface area contributed by atoms with Gasteiger partial charge in [-0.15, -0.1) is 0 Å². The second-order valence-electron chi connectivity index (χ2n) is 6.75. The monoisotopic (exact) mass is 401 g/mol. The zero-order valence-corrected chi connectivity index (χ0v) is 15.4. The van der Waals surface area contributed by atoms with E-state index in [0.29, 0.717) is 35.1 Å². The summed E-state index contributed by atoms with van der Waals surface area (Å²) in [5.74, 6) is -1.31. The summed E-state index contributed by atoms with van der Waals surface area (Å²) >= 11 is 6.05. The number of methoxy groups -OCH3 is 1. The fourth-order valence-electron chi connectivity index (χ4n) is 3.40. The zero-order chi connectivity index (χ0) is 19.6. The predicted molar refractivity (Wildman–Crippen MR) is 95.1 cm³/mol. The number of fused-ring (bicyclic) bond motifs is 1. The van der Waals surface area contributed by atoms with E-state index >= 15 is 0 Å². The lowest BCUT2D eigenvalue weighted by Gasteiger charge is -2.29. The number of alkyl halides is 3. The van der Waals surface area contributed by atoms with Gasteiger partial charge in [-0.3, -0.25) is 0 Å². The molecule has 1 fully saturated rings. The van der Waals surface area contributed by atoms with Crippen LogP contribution in [0.2, 0.25) is 5.15 Å². The van der Waals surface area contributed by atoms with Gasteiger partial charge >= 0.3 is 12.1 Å². The Labute approximate surface area is 159 Å². The lowest BCUT2D eigenvalue weighted by atomic mass is 9.82. The Morgan fingerprint density at radius 3 is 2.56 bits per heavy atom. The topological polar surface area (TPSA) is 48.4 Å². The van der Waals surface area contributed by atoms with Gasteiger partial charge < -0.3 is 9.47 Å². The van der Waals surface area contributed by atoms with Crippen molar-refractivity contribution >= 4 is 28.3 Å². The number of hydrogen-bond acceptors (Lipinski definition) is 4. The highest BCUT2D eigenvalue weighted by molar-refractivity contribution is 6.30. The minimum atomic E-state index is -4.12. The molecule has 0 amide bonds. The van der Waals surface area contributed by atoms with E-state index in [0.717, 1.165) is 0 Å². The molecular weight excluding hydrogens is 383 g/mol. The molecule has 0 N–H and O–H groups in total. The van der Waals surface area contributed by atoms with Crippen molar-refractivity contribution in [2.24, 2.45) is 11.8 Å². The molecule has 1 aliphatic rings. The summed E-state index contributed by atoms with van der Waals surface area (Å²) in [6.45, 7) is 0.284. The molecule has 0 aliphatic heterocycles. The highest BCUT2D eigenvalue weighted by Crippen LogP contribution is 2.39. The molecule has 1 aromatic heterocycles. The van der Waals surface area contributed by atoms with Crippen molar-refractivity contribution < 1.29 is 27.4 Å². The summed E-state index contributed by atoms with van der Waals surface area (Å²) in [7, 11) is 1.30. The summed E-state index contributed by atoms with van der Waals surface area (Å²) in [6.07, 6.45) is -2.92. The molecule has 8 heteroatoms. The van der Waals surface area contributed by atoms with Crippen LogP contribution in [0.1, 0.15) is 36.0 Å². The van der Waals surface area contributed by atoms with Crippen LogP contribution in [0.25, 0.3) is 10.8 Å². The van der Waals surface area contributed by atoms with Crippen LogP contribution in [0, 0.1) is 11.8 Å². The largest absolute Gasteiger partial charge is 0.477 e. The van der Waals surface area contributed by atoms with E-state index < -0.39 is 18.1 Å². The van der Waals surface area contributed by atoms with Crippen LogP contribution in [0.15, 0.2) is 24.3 Å². The predicted octanol–water partition coefficient (Wildman–Crippen LogP) is 5.42. The van der Waals surface area contributed by atoms with Crippen molar-refractivity contribution in [1.82, 2.24) is 4.98 Å². The van der Waals surface area contributed by atoms with Gasteiger partial charge in [-0.05, 0) is 61.3 Å². The molecule has 2 aromatic rings. The first kappa shape index (κ1) is 19.7. The fraction of sp³-hybridized carbons (Fsp3) is 0.474. The molecule has 0 spiro atoms. The van der Waals surface area contributed by atoms with E-state index in [1.165, 1.54) is 7.11 Å². The maximum Gasteiger partial charge on any atom is 0.391 e. The molecule has 4 nitrogen and oxygen atoms in total. The standard InChI is InChI=1S/C19H19ClF3NO3/c1-26-18(25)12-4-7-15-13(8-12)9-16(20)24-17(15)27-10-11-2-5-14(6-3-11)19(21,22)23/h4,7-9,11,14H,2-3,5-6,10H2,1H3. The van der Waals surface area contributed by atoms with Crippen molar-refractivity contribution in [3.63, 3.8) is 0 Å². The van der Waals surface area contributed by atoms with Crippen LogP contribution < -0.4 is 4.74 Å². The number of esters is 1. The Hall–Kier alpha value is -2.02. The second kappa shape index (κ2) is 7.92. The first-order valence-corrected chi connectivity index (χ1v) is 9.04. The minimum Gasteiger partial charge on any atom is -0.477 e. The highest BCUT2D eigenvalue weighted by Gasteiger charge is 2.41. The SMILES string of the molecule is COC(=O)c1ccc2c(OCC3CCC(C(F)(F)F)CC3)nc(Cl)cc2c1. The summed E-state index contributed by atoms with van der Waals surface area (Å²) in [5.41, 5.74) is 0.378. The third-order valence-corrected chi connectivity index (χ3v) is 5.15. The van der Waals surface area contributed by atoms with Gasteiger partial charge in [0.1, 0.15) is 5.15 Å². The van der Waals surface area contributed by atoms with E-state index in [1.807, 2.05) is 0 Å². The smallest absolute Gasteiger partial charge is 0.391 e. The maximum absolute atomic E-state index is 12.8. The summed E-state index contributed by atoms with van der Waals surface area (Å²) < 4.78 is 48.8. The molecule has 0 bridgehead atoms. The van der Waals surface area contributed by atoms with Crippen molar-refractivity contribution in [2.75, 3.05) is 13.7 Å². The summed E-state index contributed by atoms with van der Waals surface area (Å²) in [6, 6.07) is 6.55. The van der Waals surface area contributed by atoms with Gasteiger partial charge in [0, 0.05) is 5.39 Å². The normalized spacial score (nSPS) is 20.5. The van der Waals surface area contributed by atoms with E-state index in [1.54, 1.807) is 24.3 Å². The van der Waals surface area contributed by atoms with Crippen molar-refractivity contribution in [1.29, 1.82) is 0 Å². The molecule has 0 saturated heterocycles. The van der Waals surface area contributed by atoms with Gasteiger partial charge in [-0.1, -0.05) is 11.6 Å². The number of aromatic nitrogens is 1. The van der Waals surface area contributed by atoms with Crippen molar-refractivity contribution in [3.05, 3.63) is 35.0 Å². The second-order valence-corrected chi connectivity index (χ2v) is 7.14. The first-order valence-electron chi connectivity index (χ1n) is 8.66. The van der Waals surface area contributed by atoms with Crippen LogP contribution >= 0.6 is 11.6 Å². The number of benzene rings is 1. The van der Waals surface area contributed by atoms with E-state index in [2.05, 4.69) is 4.98 Å². The van der Waals surface area contributed by atoms with Crippen LogP contribution in [0.4, 0.5) is 13.2 Å². The van der Waals surface area contributed by atoms with E-state index in [4.69, 9.17) is 21.1 Å². The number of ether oxygens (including phenoxy) is 2. The molecule has 0 radical (unpaired) electrons. The lowest BCUT2D eigenvalue weighted by molar-refractivity contribution is -0.184. The third-order valence-electron chi connectivity index (χ3n) is 4.95. The Morgan fingerprint density at radius 1 is 1.22 bits per heavy atom. The number of pyridine rings is 1. The van der Waals surface area contributed by atoms with Gasteiger partial charge in [-0.25, -0.2) is 9.78 Å². The van der Waals surface area contributed by atoms with Gasteiger partial charge in [-0.2, -0.15) is 13.2 Å². The Morgan fingerprint density at radius 2 is 1.93 bits per heavy atom.